The van der Waals surface area contributed by atoms with Gasteiger partial charge in [0.25, 0.3) is 0 Å². The zero-order valence-electron chi connectivity index (χ0n) is 11.1. The van der Waals surface area contributed by atoms with Crippen LogP contribution in [0.2, 0.25) is 0 Å². The van der Waals surface area contributed by atoms with Crippen molar-refractivity contribution in [3.63, 3.8) is 0 Å². The highest BCUT2D eigenvalue weighted by molar-refractivity contribution is 5.51. The van der Waals surface area contributed by atoms with Crippen molar-refractivity contribution in [2.24, 2.45) is 5.92 Å². The Morgan fingerprint density at radius 3 is 3.22 bits per heavy atom. The summed E-state index contributed by atoms with van der Waals surface area (Å²) in [4.78, 5) is 2.51. The fourth-order valence-electron chi connectivity index (χ4n) is 3.22. The van der Waals surface area contributed by atoms with Crippen molar-refractivity contribution in [3.8, 4) is 5.75 Å². The van der Waals surface area contributed by atoms with Crippen LogP contribution in [0.1, 0.15) is 19.8 Å². The summed E-state index contributed by atoms with van der Waals surface area (Å²) >= 11 is 0. The lowest BCUT2D eigenvalue weighted by molar-refractivity contribution is 0.339. The quantitative estimate of drug-likeness (QED) is 0.885. The maximum absolute atomic E-state index is 5.58. The van der Waals surface area contributed by atoms with Crippen LogP contribution in [0.25, 0.3) is 0 Å². The maximum Gasteiger partial charge on any atom is 0.121 e. The summed E-state index contributed by atoms with van der Waals surface area (Å²) in [6.07, 6.45) is 2.59. The van der Waals surface area contributed by atoms with E-state index in [0.717, 1.165) is 30.9 Å². The second-order valence-electron chi connectivity index (χ2n) is 5.27. The van der Waals surface area contributed by atoms with Crippen LogP contribution in [-0.2, 0) is 0 Å². The zero-order valence-corrected chi connectivity index (χ0v) is 11.1. The lowest BCUT2D eigenvalue weighted by Gasteiger charge is -2.36. The Balaban J connectivity index is 1.72. The van der Waals surface area contributed by atoms with E-state index in [1.165, 1.54) is 31.6 Å². The molecular formula is C15H22N2O. The molecule has 2 heterocycles. The molecule has 3 heteroatoms. The smallest absolute Gasteiger partial charge is 0.121 e. The number of benzene rings is 1. The summed E-state index contributed by atoms with van der Waals surface area (Å²) in [5.41, 5.74) is 1.31. The van der Waals surface area contributed by atoms with Crippen LogP contribution in [0.5, 0.6) is 5.75 Å². The minimum Gasteiger partial charge on any atom is -0.494 e. The van der Waals surface area contributed by atoms with Gasteiger partial charge in [-0.15, -0.1) is 0 Å². The minimum atomic E-state index is 0.734. The molecule has 1 aromatic carbocycles. The maximum atomic E-state index is 5.58. The predicted molar refractivity (Wildman–Crippen MR) is 74.3 cm³/mol. The lowest BCUT2D eigenvalue weighted by Crippen LogP contribution is -2.44. The molecule has 0 amide bonds. The van der Waals surface area contributed by atoms with Gasteiger partial charge in [0.2, 0.25) is 0 Å². The monoisotopic (exact) mass is 246 g/mol. The molecule has 1 N–H and O–H groups in total. The van der Waals surface area contributed by atoms with E-state index in [0.29, 0.717) is 0 Å². The molecule has 3 rings (SSSR count). The van der Waals surface area contributed by atoms with E-state index in [-0.39, 0.29) is 0 Å². The first-order valence-corrected chi connectivity index (χ1v) is 7.08. The van der Waals surface area contributed by atoms with Crippen molar-refractivity contribution in [2.45, 2.75) is 25.8 Å². The van der Waals surface area contributed by atoms with Crippen molar-refractivity contribution < 1.29 is 4.74 Å². The molecule has 2 fully saturated rings. The van der Waals surface area contributed by atoms with Gasteiger partial charge in [0.1, 0.15) is 5.75 Å². The molecule has 2 aliphatic heterocycles. The first kappa shape index (κ1) is 11.8. The summed E-state index contributed by atoms with van der Waals surface area (Å²) in [7, 11) is 0. The number of piperidine rings is 1. The van der Waals surface area contributed by atoms with Crippen LogP contribution in [-0.4, -0.2) is 32.3 Å². The molecule has 0 bridgehead atoms. The lowest BCUT2D eigenvalue weighted by atomic mass is 9.93. The SMILES string of the molecule is CCOc1cccc(N2CCC3NCCC3C2)c1. The summed E-state index contributed by atoms with van der Waals surface area (Å²) in [5, 5.41) is 3.61. The first-order chi connectivity index (χ1) is 8.86. The highest BCUT2D eigenvalue weighted by atomic mass is 16.5. The van der Waals surface area contributed by atoms with Gasteiger partial charge in [-0.25, -0.2) is 0 Å². The molecule has 18 heavy (non-hydrogen) atoms. The number of hydrogen-bond acceptors (Lipinski definition) is 3. The average molecular weight is 246 g/mol. The normalized spacial score (nSPS) is 27.1. The molecular weight excluding hydrogens is 224 g/mol. The second kappa shape index (κ2) is 5.19. The van der Waals surface area contributed by atoms with Gasteiger partial charge in [0, 0.05) is 30.9 Å². The van der Waals surface area contributed by atoms with Gasteiger partial charge in [0.05, 0.1) is 6.61 Å². The van der Waals surface area contributed by atoms with Crippen LogP contribution >= 0.6 is 0 Å². The largest absolute Gasteiger partial charge is 0.494 e. The molecule has 2 saturated heterocycles. The van der Waals surface area contributed by atoms with E-state index >= 15 is 0 Å². The highest BCUT2D eigenvalue weighted by Crippen LogP contribution is 2.29. The molecule has 2 atom stereocenters. The average Bonchev–Trinajstić information content (AvgIpc) is 2.86. The third kappa shape index (κ3) is 2.32. The summed E-state index contributed by atoms with van der Waals surface area (Å²) in [5.74, 6) is 1.82. The summed E-state index contributed by atoms with van der Waals surface area (Å²) in [6, 6.07) is 9.27. The van der Waals surface area contributed by atoms with Crippen molar-refractivity contribution in [1.82, 2.24) is 5.32 Å². The number of rotatable bonds is 3. The fraction of sp³-hybridized carbons (Fsp3) is 0.600. The van der Waals surface area contributed by atoms with Crippen molar-refractivity contribution >= 4 is 5.69 Å². The Labute approximate surface area is 109 Å². The fourth-order valence-corrected chi connectivity index (χ4v) is 3.22. The van der Waals surface area contributed by atoms with E-state index in [2.05, 4.69) is 28.4 Å². The van der Waals surface area contributed by atoms with E-state index in [4.69, 9.17) is 4.74 Å². The molecule has 0 saturated carbocycles. The summed E-state index contributed by atoms with van der Waals surface area (Å²) < 4.78 is 5.58. The molecule has 1 aromatic rings. The Morgan fingerprint density at radius 1 is 1.39 bits per heavy atom. The van der Waals surface area contributed by atoms with E-state index in [1.807, 2.05) is 13.0 Å². The van der Waals surface area contributed by atoms with Gasteiger partial charge >= 0.3 is 0 Å². The topological polar surface area (TPSA) is 24.5 Å². The Hall–Kier alpha value is -1.22. The number of nitrogens with one attached hydrogen (secondary N) is 1. The number of hydrogen-bond donors (Lipinski definition) is 1. The van der Waals surface area contributed by atoms with Crippen LogP contribution < -0.4 is 15.0 Å². The van der Waals surface area contributed by atoms with Crippen LogP contribution in [0, 0.1) is 5.92 Å². The van der Waals surface area contributed by atoms with E-state index in [1.54, 1.807) is 0 Å². The minimum absolute atomic E-state index is 0.734. The molecule has 2 unspecified atom stereocenters. The van der Waals surface area contributed by atoms with Gasteiger partial charge in [-0.05, 0) is 44.4 Å². The Bertz CT molecular complexity index is 407. The van der Waals surface area contributed by atoms with Crippen molar-refractivity contribution in [1.29, 1.82) is 0 Å². The predicted octanol–water partition coefficient (Wildman–Crippen LogP) is 2.27. The number of ether oxygens (including phenoxy) is 1. The first-order valence-electron chi connectivity index (χ1n) is 7.08. The van der Waals surface area contributed by atoms with Crippen molar-refractivity contribution in [3.05, 3.63) is 24.3 Å². The van der Waals surface area contributed by atoms with Crippen LogP contribution in [0.3, 0.4) is 0 Å². The zero-order chi connectivity index (χ0) is 12.4. The van der Waals surface area contributed by atoms with Crippen molar-refractivity contribution in [2.75, 3.05) is 31.1 Å². The summed E-state index contributed by atoms with van der Waals surface area (Å²) in [6.45, 7) is 6.31. The third-order valence-electron chi connectivity index (χ3n) is 4.15. The van der Waals surface area contributed by atoms with Gasteiger partial charge in [-0.2, -0.15) is 0 Å². The third-order valence-corrected chi connectivity index (χ3v) is 4.15. The highest BCUT2D eigenvalue weighted by Gasteiger charge is 2.32. The second-order valence-corrected chi connectivity index (χ2v) is 5.27. The van der Waals surface area contributed by atoms with Crippen LogP contribution in [0.4, 0.5) is 5.69 Å². The van der Waals surface area contributed by atoms with E-state index in [9.17, 15) is 0 Å². The Kier molecular flexibility index (Phi) is 3.41. The number of nitrogens with zero attached hydrogens (tertiary/aromatic N) is 1. The van der Waals surface area contributed by atoms with Crippen LogP contribution in [0.15, 0.2) is 24.3 Å². The molecule has 3 nitrogen and oxygen atoms in total. The molecule has 98 valence electrons. The molecule has 0 radical (unpaired) electrons. The number of fused-ring (bicyclic) bond motifs is 1. The molecule has 0 spiro atoms. The van der Waals surface area contributed by atoms with E-state index < -0.39 is 0 Å². The number of anilines is 1. The Morgan fingerprint density at radius 2 is 2.33 bits per heavy atom. The standard InChI is InChI=1S/C15H22N2O/c1-2-18-14-5-3-4-13(10-14)17-9-7-15-12(11-17)6-8-16-15/h3-5,10,12,15-16H,2,6-9,11H2,1H3. The molecule has 2 aliphatic rings. The molecule has 0 aromatic heterocycles. The van der Waals surface area contributed by atoms with Gasteiger partial charge < -0.3 is 15.0 Å². The van der Waals surface area contributed by atoms with Gasteiger partial charge in [-0.1, -0.05) is 6.07 Å². The van der Waals surface area contributed by atoms with Gasteiger partial charge in [-0.3, -0.25) is 0 Å². The van der Waals surface area contributed by atoms with Gasteiger partial charge in [0.15, 0.2) is 0 Å². The molecule has 0 aliphatic carbocycles.